The summed E-state index contributed by atoms with van der Waals surface area (Å²) in [5.74, 6) is -0.152. The molecule has 106 valence electrons. The number of ether oxygens (including phenoxy) is 1. The summed E-state index contributed by atoms with van der Waals surface area (Å²) in [5.41, 5.74) is -0.295. The maximum atomic E-state index is 12.2. The summed E-state index contributed by atoms with van der Waals surface area (Å²) >= 11 is 7.07. The Hall–Kier alpha value is -1.22. The molecule has 0 bridgehead atoms. The van der Waals surface area contributed by atoms with Crippen LogP contribution in [0.3, 0.4) is 0 Å². The van der Waals surface area contributed by atoms with Crippen molar-refractivity contribution in [3.05, 3.63) is 28.8 Å². The van der Waals surface area contributed by atoms with Crippen molar-refractivity contribution in [2.24, 2.45) is 0 Å². The number of carbonyl (C=O) groups is 1. The monoisotopic (exact) mass is 310 g/mol. The molecule has 0 radical (unpaired) electrons. The van der Waals surface area contributed by atoms with E-state index in [1.165, 1.54) is 0 Å². The van der Waals surface area contributed by atoms with Gasteiger partial charge in [0.1, 0.15) is 5.60 Å². The SMILES string of the molecule is CC1(C(=O)NSc2cc(Cl)cc(C#N)c2)CCCCO1. The van der Waals surface area contributed by atoms with Crippen LogP contribution in [0.15, 0.2) is 23.1 Å². The quantitative estimate of drug-likeness (QED) is 0.870. The fourth-order valence-electron chi connectivity index (χ4n) is 2.01. The first kappa shape index (κ1) is 15.2. The Labute approximate surface area is 127 Å². The highest BCUT2D eigenvalue weighted by Crippen LogP contribution is 2.27. The van der Waals surface area contributed by atoms with Gasteiger partial charge in [0, 0.05) is 16.5 Å². The fraction of sp³-hybridized carbons (Fsp3) is 0.429. The number of nitrogens with one attached hydrogen (secondary N) is 1. The summed E-state index contributed by atoms with van der Waals surface area (Å²) in [7, 11) is 0. The van der Waals surface area contributed by atoms with Gasteiger partial charge in [-0.1, -0.05) is 11.6 Å². The molecule has 0 saturated carbocycles. The van der Waals surface area contributed by atoms with E-state index in [-0.39, 0.29) is 5.91 Å². The number of hydrogen-bond acceptors (Lipinski definition) is 4. The van der Waals surface area contributed by atoms with Crippen LogP contribution in [0.25, 0.3) is 0 Å². The molecular weight excluding hydrogens is 296 g/mol. The van der Waals surface area contributed by atoms with Gasteiger partial charge in [-0.3, -0.25) is 9.52 Å². The van der Waals surface area contributed by atoms with Gasteiger partial charge in [-0.25, -0.2) is 0 Å². The Kier molecular flexibility index (Phi) is 4.92. The normalized spacial score (nSPS) is 22.1. The molecule has 4 nitrogen and oxygen atoms in total. The lowest BCUT2D eigenvalue weighted by Crippen LogP contribution is -2.46. The molecule has 1 amide bonds. The molecule has 0 spiro atoms. The van der Waals surface area contributed by atoms with Gasteiger partial charge >= 0.3 is 0 Å². The van der Waals surface area contributed by atoms with Crippen LogP contribution in [0.1, 0.15) is 31.7 Å². The second kappa shape index (κ2) is 6.49. The lowest BCUT2D eigenvalue weighted by molar-refractivity contribution is -0.148. The lowest BCUT2D eigenvalue weighted by atomic mass is 9.95. The van der Waals surface area contributed by atoms with Gasteiger partial charge in [-0.15, -0.1) is 0 Å². The summed E-state index contributed by atoms with van der Waals surface area (Å²) in [6, 6.07) is 7.00. The minimum Gasteiger partial charge on any atom is -0.365 e. The average molecular weight is 311 g/mol. The highest BCUT2D eigenvalue weighted by atomic mass is 35.5. The van der Waals surface area contributed by atoms with E-state index in [0.717, 1.165) is 36.1 Å². The van der Waals surface area contributed by atoms with Crippen LogP contribution in [0.4, 0.5) is 0 Å². The topological polar surface area (TPSA) is 62.1 Å². The number of hydrogen-bond donors (Lipinski definition) is 1. The van der Waals surface area contributed by atoms with E-state index in [1.54, 1.807) is 25.1 Å². The number of nitrogens with zero attached hydrogens (tertiary/aromatic N) is 1. The third-order valence-corrected chi connectivity index (χ3v) is 4.19. The summed E-state index contributed by atoms with van der Waals surface area (Å²) in [6.07, 6.45) is 2.71. The van der Waals surface area contributed by atoms with Crippen LogP contribution in [0.5, 0.6) is 0 Å². The van der Waals surface area contributed by atoms with Crippen LogP contribution in [0, 0.1) is 11.3 Å². The summed E-state index contributed by atoms with van der Waals surface area (Å²) in [5, 5.41) is 9.36. The first-order chi connectivity index (χ1) is 9.53. The number of rotatable bonds is 3. The van der Waals surface area contributed by atoms with Gasteiger partial charge < -0.3 is 4.74 Å². The molecule has 0 aromatic heterocycles. The van der Waals surface area contributed by atoms with E-state index in [0.29, 0.717) is 17.2 Å². The number of benzene rings is 1. The molecule has 6 heteroatoms. The minimum absolute atomic E-state index is 0.152. The van der Waals surface area contributed by atoms with Crippen molar-refractivity contribution in [1.29, 1.82) is 5.26 Å². The van der Waals surface area contributed by atoms with Crippen molar-refractivity contribution in [3.8, 4) is 6.07 Å². The molecule has 1 N–H and O–H groups in total. The summed E-state index contributed by atoms with van der Waals surface area (Å²) in [4.78, 5) is 12.9. The zero-order chi connectivity index (χ0) is 14.6. The van der Waals surface area contributed by atoms with Crippen molar-refractivity contribution in [2.75, 3.05) is 6.61 Å². The van der Waals surface area contributed by atoms with Crippen LogP contribution in [-0.4, -0.2) is 18.1 Å². The number of halogens is 1. The van der Waals surface area contributed by atoms with Crippen molar-refractivity contribution >= 4 is 29.5 Å². The van der Waals surface area contributed by atoms with Crippen molar-refractivity contribution in [1.82, 2.24) is 4.72 Å². The molecule has 1 heterocycles. The molecule has 1 aromatic rings. The van der Waals surface area contributed by atoms with Crippen molar-refractivity contribution < 1.29 is 9.53 Å². The molecule has 1 saturated heterocycles. The van der Waals surface area contributed by atoms with Gasteiger partial charge in [0.2, 0.25) is 0 Å². The van der Waals surface area contributed by atoms with Gasteiger partial charge in [0.25, 0.3) is 5.91 Å². The second-order valence-corrected chi connectivity index (χ2v) is 6.17. The fourth-order valence-corrected chi connectivity index (χ4v) is 3.11. The van der Waals surface area contributed by atoms with Crippen LogP contribution < -0.4 is 4.72 Å². The van der Waals surface area contributed by atoms with E-state index in [1.807, 2.05) is 6.07 Å². The zero-order valence-corrected chi connectivity index (χ0v) is 12.7. The first-order valence-corrected chi connectivity index (χ1v) is 7.55. The number of carbonyl (C=O) groups excluding carboxylic acids is 1. The predicted octanol–water partition coefficient (Wildman–Crippen LogP) is 3.29. The zero-order valence-electron chi connectivity index (χ0n) is 11.1. The first-order valence-electron chi connectivity index (χ1n) is 6.35. The summed E-state index contributed by atoms with van der Waals surface area (Å²) in [6.45, 7) is 2.42. The standard InChI is InChI=1S/C14H15ClN2O2S/c1-14(4-2-3-5-19-14)13(18)17-20-12-7-10(9-16)6-11(15)8-12/h6-8H,2-5H2,1H3,(H,17,18). The maximum Gasteiger partial charge on any atom is 0.262 e. The molecule has 2 rings (SSSR count). The minimum atomic E-state index is -0.762. The molecule has 20 heavy (non-hydrogen) atoms. The lowest BCUT2D eigenvalue weighted by Gasteiger charge is -2.31. The van der Waals surface area contributed by atoms with Gasteiger partial charge in [0.05, 0.1) is 11.6 Å². The largest absolute Gasteiger partial charge is 0.365 e. The van der Waals surface area contributed by atoms with E-state index >= 15 is 0 Å². The molecule has 1 aromatic carbocycles. The molecule has 1 fully saturated rings. The van der Waals surface area contributed by atoms with Gasteiger partial charge in [-0.05, 0) is 56.3 Å². The van der Waals surface area contributed by atoms with Crippen molar-refractivity contribution in [2.45, 2.75) is 36.7 Å². The third-order valence-electron chi connectivity index (χ3n) is 3.21. The van der Waals surface area contributed by atoms with Gasteiger partial charge in [0.15, 0.2) is 0 Å². The van der Waals surface area contributed by atoms with E-state index in [9.17, 15) is 4.79 Å². The Bertz CT molecular complexity index is 551. The Morgan fingerprint density at radius 3 is 2.95 bits per heavy atom. The van der Waals surface area contributed by atoms with Crippen molar-refractivity contribution in [3.63, 3.8) is 0 Å². The predicted molar refractivity (Wildman–Crippen MR) is 78.4 cm³/mol. The van der Waals surface area contributed by atoms with Gasteiger partial charge in [-0.2, -0.15) is 5.26 Å². The van der Waals surface area contributed by atoms with Crippen LogP contribution >= 0.6 is 23.5 Å². The molecule has 1 aliphatic rings. The third kappa shape index (κ3) is 3.66. The smallest absolute Gasteiger partial charge is 0.262 e. The molecule has 0 aliphatic carbocycles. The molecule has 1 unspecified atom stereocenters. The van der Waals surface area contributed by atoms with E-state index in [2.05, 4.69) is 4.72 Å². The number of amides is 1. The second-order valence-electron chi connectivity index (χ2n) is 4.86. The molecule has 1 atom stereocenters. The Morgan fingerprint density at radius 2 is 2.30 bits per heavy atom. The van der Waals surface area contributed by atoms with Crippen LogP contribution in [0.2, 0.25) is 5.02 Å². The Balaban J connectivity index is 2.00. The summed E-state index contributed by atoms with van der Waals surface area (Å²) < 4.78 is 8.35. The average Bonchev–Trinajstić information content (AvgIpc) is 2.45. The molecular formula is C14H15ClN2O2S. The van der Waals surface area contributed by atoms with Crippen LogP contribution in [-0.2, 0) is 9.53 Å². The highest BCUT2D eigenvalue weighted by molar-refractivity contribution is 7.98. The molecule has 1 aliphatic heterocycles. The maximum absolute atomic E-state index is 12.2. The number of nitriles is 1. The Morgan fingerprint density at radius 1 is 1.50 bits per heavy atom. The van der Waals surface area contributed by atoms with E-state index < -0.39 is 5.60 Å². The van der Waals surface area contributed by atoms with E-state index in [4.69, 9.17) is 21.6 Å². The highest BCUT2D eigenvalue weighted by Gasteiger charge is 2.35.